The van der Waals surface area contributed by atoms with Crippen molar-refractivity contribution < 1.29 is 19.2 Å². The molecule has 0 N–H and O–H groups in total. The fourth-order valence-electron chi connectivity index (χ4n) is 4.15. The van der Waals surface area contributed by atoms with Gasteiger partial charge in [-0.05, 0) is 62.9 Å². The quantitative estimate of drug-likeness (QED) is 0.384. The molecule has 2 amide bonds. The highest BCUT2D eigenvalue weighted by Crippen LogP contribution is 2.39. The fourth-order valence-corrected chi connectivity index (χ4v) is 4.15. The minimum atomic E-state index is -0.489. The molecule has 2 heterocycles. The van der Waals surface area contributed by atoms with E-state index in [1.54, 1.807) is 24.3 Å². The molecule has 2 aromatic rings. The highest BCUT2D eigenvalue weighted by atomic mass is 16.6. The number of benzene rings is 2. The number of nitro groups is 1. The van der Waals surface area contributed by atoms with Crippen molar-refractivity contribution in [3.63, 3.8) is 0 Å². The van der Waals surface area contributed by atoms with Crippen LogP contribution in [0.5, 0.6) is 5.75 Å². The van der Waals surface area contributed by atoms with Crippen LogP contribution in [0.4, 0.5) is 11.4 Å². The van der Waals surface area contributed by atoms with E-state index in [4.69, 9.17) is 4.74 Å². The Bertz CT molecular complexity index is 1090. The molecule has 2 aliphatic heterocycles. The van der Waals surface area contributed by atoms with Gasteiger partial charge in [-0.15, -0.1) is 0 Å². The highest BCUT2D eigenvalue weighted by molar-refractivity contribution is 6.45. The molecule has 0 radical (unpaired) electrons. The SMILES string of the molecule is CC(C)Oc1ccccc1N1C(=O)C(c2ccc([N+](=O)[O-])cc2)=C(N2CCCCC2)C1=O. The lowest BCUT2D eigenvalue weighted by Crippen LogP contribution is -2.37. The number of ether oxygens (including phenoxy) is 1. The number of carbonyl (C=O) groups excluding carboxylic acids is 2. The Hall–Kier alpha value is -3.68. The minimum absolute atomic E-state index is 0.0711. The zero-order valence-electron chi connectivity index (χ0n) is 18.1. The Balaban J connectivity index is 1.81. The average Bonchev–Trinajstić information content (AvgIpc) is 3.04. The monoisotopic (exact) mass is 435 g/mol. The first-order valence-corrected chi connectivity index (χ1v) is 10.8. The maximum absolute atomic E-state index is 13.7. The molecule has 32 heavy (non-hydrogen) atoms. The van der Waals surface area contributed by atoms with E-state index in [1.807, 2.05) is 18.7 Å². The number of hydrogen-bond donors (Lipinski definition) is 0. The number of anilines is 1. The van der Waals surface area contributed by atoms with Gasteiger partial charge in [0.2, 0.25) is 0 Å². The highest BCUT2D eigenvalue weighted by Gasteiger charge is 2.43. The fraction of sp³-hybridized carbons (Fsp3) is 0.333. The van der Waals surface area contributed by atoms with E-state index in [-0.39, 0.29) is 17.4 Å². The number of amides is 2. The van der Waals surface area contributed by atoms with Gasteiger partial charge in [0.25, 0.3) is 17.5 Å². The summed E-state index contributed by atoms with van der Waals surface area (Å²) < 4.78 is 5.86. The standard InChI is InChI=1S/C24H25N3O5/c1-16(2)32-20-9-5-4-8-19(20)26-23(28)21(17-10-12-18(13-11-17)27(30)31)22(24(26)29)25-14-6-3-7-15-25/h4-5,8-13,16H,3,6-7,14-15H2,1-2H3. The number of imide groups is 1. The summed E-state index contributed by atoms with van der Waals surface area (Å²) in [6.07, 6.45) is 2.82. The molecular formula is C24H25N3O5. The Morgan fingerprint density at radius 1 is 0.938 bits per heavy atom. The lowest BCUT2D eigenvalue weighted by molar-refractivity contribution is -0.384. The third kappa shape index (κ3) is 3.95. The number of hydrogen-bond acceptors (Lipinski definition) is 6. The van der Waals surface area contributed by atoms with Gasteiger partial charge in [-0.2, -0.15) is 0 Å². The van der Waals surface area contributed by atoms with Gasteiger partial charge < -0.3 is 9.64 Å². The summed E-state index contributed by atoms with van der Waals surface area (Å²) in [7, 11) is 0. The maximum Gasteiger partial charge on any atom is 0.282 e. The van der Waals surface area contributed by atoms with Crippen molar-refractivity contribution in [2.75, 3.05) is 18.0 Å². The molecule has 0 atom stereocenters. The molecule has 8 nitrogen and oxygen atoms in total. The minimum Gasteiger partial charge on any atom is -0.489 e. The van der Waals surface area contributed by atoms with Gasteiger partial charge in [0.15, 0.2) is 0 Å². The second kappa shape index (κ2) is 8.82. The zero-order valence-corrected chi connectivity index (χ0v) is 18.1. The molecule has 0 aromatic heterocycles. The largest absolute Gasteiger partial charge is 0.489 e. The van der Waals surface area contributed by atoms with Crippen molar-refractivity contribution in [1.82, 2.24) is 4.90 Å². The Morgan fingerprint density at radius 3 is 2.22 bits per heavy atom. The molecule has 0 bridgehead atoms. The van der Waals surface area contributed by atoms with Crippen LogP contribution in [0.15, 0.2) is 54.2 Å². The topological polar surface area (TPSA) is 93.0 Å². The first-order valence-electron chi connectivity index (χ1n) is 10.8. The van der Waals surface area contributed by atoms with E-state index < -0.39 is 16.7 Å². The molecular weight excluding hydrogens is 410 g/mol. The van der Waals surface area contributed by atoms with Crippen molar-refractivity contribution in [3.05, 3.63) is 69.9 Å². The molecule has 166 valence electrons. The van der Waals surface area contributed by atoms with Gasteiger partial charge in [-0.25, -0.2) is 4.90 Å². The van der Waals surface area contributed by atoms with Crippen molar-refractivity contribution in [2.24, 2.45) is 0 Å². The van der Waals surface area contributed by atoms with Crippen LogP contribution in [-0.4, -0.2) is 40.8 Å². The predicted molar refractivity (Wildman–Crippen MR) is 120 cm³/mol. The summed E-state index contributed by atoms with van der Waals surface area (Å²) in [4.78, 5) is 41.0. The molecule has 1 fully saturated rings. The number of para-hydroxylation sites is 2. The molecule has 4 rings (SSSR count). The Morgan fingerprint density at radius 2 is 1.59 bits per heavy atom. The third-order valence-electron chi connectivity index (χ3n) is 5.57. The number of carbonyl (C=O) groups is 2. The van der Waals surface area contributed by atoms with Crippen molar-refractivity contribution in [3.8, 4) is 5.75 Å². The number of piperidine rings is 1. The first-order chi connectivity index (χ1) is 15.4. The molecule has 1 saturated heterocycles. The smallest absolute Gasteiger partial charge is 0.282 e. The van der Waals surface area contributed by atoms with Crippen LogP contribution in [0.1, 0.15) is 38.7 Å². The normalized spacial score (nSPS) is 16.8. The van der Waals surface area contributed by atoms with Crippen LogP contribution in [0, 0.1) is 10.1 Å². The Labute approximate surface area is 186 Å². The number of non-ortho nitro benzene ring substituents is 1. The third-order valence-corrected chi connectivity index (χ3v) is 5.57. The van der Waals surface area contributed by atoms with Crippen LogP contribution >= 0.6 is 0 Å². The second-order valence-electron chi connectivity index (χ2n) is 8.16. The van der Waals surface area contributed by atoms with Crippen molar-refractivity contribution in [1.29, 1.82) is 0 Å². The number of nitro benzene ring substituents is 1. The van der Waals surface area contributed by atoms with E-state index in [0.29, 0.717) is 35.8 Å². The number of rotatable bonds is 6. The van der Waals surface area contributed by atoms with E-state index in [9.17, 15) is 19.7 Å². The van der Waals surface area contributed by atoms with E-state index in [0.717, 1.165) is 19.3 Å². The summed E-state index contributed by atoms with van der Waals surface area (Å²) >= 11 is 0. The molecule has 2 aliphatic rings. The van der Waals surface area contributed by atoms with Crippen LogP contribution < -0.4 is 9.64 Å². The van der Waals surface area contributed by atoms with Gasteiger partial charge in [0, 0.05) is 25.2 Å². The molecule has 8 heteroatoms. The number of likely N-dealkylation sites (tertiary alicyclic amines) is 1. The lowest BCUT2D eigenvalue weighted by atomic mass is 10.0. The summed E-state index contributed by atoms with van der Waals surface area (Å²) in [6.45, 7) is 5.12. The van der Waals surface area contributed by atoms with Gasteiger partial charge in [-0.1, -0.05) is 12.1 Å². The molecule has 2 aromatic carbocycles. The van der Waals surface area contributed by atoms with Gasteiger partial charge in [-0.3, -0.25) is 19.7 Å². The zero-order chi connectivity index (χ0) is 22.8. The van der Waals surface area contributed by atoms with Gasteiger partial charge >= 0.3 is 0 Å². The van der Waals surface area contributed by atoms with Gasteiger partial charge in [0.1, 0.15) is 11.4 Å². The van der Waals surface area contributed by atoms with Crippen LogP contribution in [0.3, 0.4) is 0 Å². The van der Waals surface area contributed by atoms with E-state index >= 15 is 0 Å². The van der Waals surface area contributed by atoms with Crippen molar-refractivity contribution in [2.45, 2.75) is 39.2 Å². The Kier molecular flexibility index (Phi) is 5.94. The predicted octanol–water partition coefficient (Wildman–Crippen LogP) is 4.15. The summed E-state index contributed by atoms with van der Waals surface area (Å²) in [5.74, 6) is -0.401. The molecule has 0 unspecified atom stereocenters. The summed E-state index contributed by atoms with van der Waals surface area (Å²) in [5.41, 5.74) is 1.43. The summed E-state index contributed by atoms with van der Waals surface area (Å²) in [5, 5.41) is 11.1. The van der Waals surface area contributed by atoms with E-state index in [2.05, 4.69) is 0 Å². The number of nitrogens with zero attached hydrogens (tertiary/aromatic N) is 3. The van der Waals surface area contributed by atoms with Gasteiger partial charge in [0.05, 0.1) is 22.3 Å². The molecule has 0 spiro atoms. The lowest BCUT2D eigenvalue weighted by Gasteiger charge is -2.29. The van der Waals surface area contributed by atoms with Crippen molar-refractivity contribution >= 4 is 28.8 Å². The average molecular weight is 435 g/mol. The second-order valence-corrected chi connectivity index (χ2v) is 8.16. The first kappa shape index (κ1) is 21.5. The van der Waals surface area contributed by atoms with Crippen LogP contribution in [-0.2, 0) is 9.59 Å². The summed E-state index contributed by atoms with van der Waals surface area (Å²) in [6, 6.07) is 12.8. The molecule has 0 saturated carbocycles. The molecule has 0 aliphatic carbocycles. The van der Waals surface area contributed by atoms with E-state index in [1.165, 1.54) is 29.2 Å². The maximum atomic E-state index is 13.7. The van der Waals surface area contributed by atoms with Crippen LogP contribution in [0.25, 0.3) is 5.57 Å². The van der Waals surface area contributed by atoms with Crippen LogP contribution in [0.2, 0.25) is 0 Å².